The number of hydrogen-bond donors (Lipinski definition) is 0. The third-order valence-electron chi connectivity index (χ3n) is 2.47. The SMILES string of the molecule is CCOC(=O)C=C(C)N1CCCCC1. The van der Waals surface area contributed by atoms with Crippen LogP contribution in [0, 0.1) is 0 Å². The molecule has 0 aliphatic carbocycles. The van der Waals surface area contributed by atoms with Gasteiger partial charge in [0.1, 0.15) is 0 Å². The van der Waals surface area contributed by atoms with Gasteiger partial charge in [-0.1, -0.05) is 0 Å². The number of piperidine rings is 1. The van der Waals surface area contributed by atoms with Crippen molar-refractivity contribution in [1.29, 1.82) is 0 Å². The van der Waals surface area contributed by atoms with Crippen LogP contribution in [-0.2, 0) is 9.53 Å². The van der Waals surface area contributed by atoms with Crippen molar-refractivity contribution in [2.45, 2.75) is 33.1 Å². The molecule has 0 saturated carbocycles. The van der Waals surface area contributed by atoms with Crippen LogP contribution >= 0.6 is 0 Å². The van der Waals surface area contributed by atoms with E-state index < -0.39 is 0 Å². The first kappa shape index (κ1) is 11.1. The maximum Gasteiger partial charge on any atom is 0.332 e. The first-order valence-electron chi connectivity index (χ1n) is 5.34. The Balaban J connectivity index is 2.44. The largest absolute Gasteiger partial charge is 0.463 e. The molecule has 1 rings (SSSR count). The average molecular weight is 197 g/mol. The van der Waals surface area contributed by atoms with E-state index in [1.165, 1.54) is 19.3 Å². The molecule has 0 spiro atoms. The van der Waals surface area contributed by atoms with Crippen LogP contribution in [0.1, 0.15) is 33.1 Å². The van der Waals surface area contributed by atoms with Gasteiger partial charge in [0.2, 0.25) is 0 Å². The molecule has 1 aliphatic rings. The number of rotatable bonds is 3. The fourth-order valence-electron chi connectivity index (χ4n) is 1.69. The van der Waals surface area contributed by atoms with Gasteiger partial charge >= 0.3 is 5.97 Å². The highest BCUT2D eigenvalue weighted by molar-refractivity contribution is 5.82. The van der Waals surface area contributed by atoms with Crippen molar-refractivity contribution >= 4 is 5.97 Å². The molecule has 1 fully saturated rings. The van der Waals surface area contributed by atoms with Crippen LogP contribution in [0.4, 0.5) is 0 Å². The summed E-state index contributed by atoms with van der Waals surface area (Å²) in [6.45, 7) is 6.39. The molecular formula is C11H19NO2. The van der Waals surface area contributed by atoms with Gasteiger partial charge in [-0.25, -0.2) is 4.79 Å². The number of likely N-dealkylation sites (tertiary alicyclic amines) is 1. The topological polar surface area (TPSA) is 29.5 Å². The molecule has 0 amide bonds. The molecule has 0 unspecified atom stereocenters. The van der Waals surface area contributed by atoms with Crippen molar-refractivity contribution in [3.63, 3.8) is 0 Å². The van der Waals surface area contributed by atoms with E-state index in [-0.39, 0.29) is 5.97 Å². The lowest BCUT2D eigenvalue weighted by Gasteiger charge is -2.29. The lowest BCUT2D eigenvalue weighted by atomic mass is 10.1. The molecule has 0 N–H and O–H groups in total. The Labute approximate surface area is 85.7 Å². The van der Waals surface area contributed by atoms with E-state index in [0.717, 1.165) is 18.8 Å². The van der Waals surface area contributed by atoms with Gasteiger partial charge < -0.3 is 9.64 Å². The predicted molar refractivity (Wildman–Crippen MR) is 55.8 cm³/mol. The number of ether oxygens (including phenoxy) is 1. The molecular weight excluding hydrogens is 178 g/mol. The van der Waals surface area contributed by atoms with Gasteiger partial charge in [-0.05, 0) is 33.1 Å². The monoisotopic (exact) mass is 197 g/mol. The summed E-state index contributed by atoms with van der Waals surface area (Å²) in [5.74, 6) is -0.226. The zero-order valence-electron chi connectivity index (χ0n) is 9.08. The van der Waals surface area contributed by atoms with Gasteiger partial charge in [0.15, 0.2) is 0 Å². The quantitative estimate of drug-likeness (QED) is 0.511. The molecule has 1 aliphatic heterocycles. The molecule has 0 radical (unpaired) electrons. The lowest BCUT2D eigenvalue weighted by molar-refractivity contribution is -0.137. The predicted octanol–water partition coefficient (Wildman–Crippen LogP) is 1.94. The molecule has 0 aromatic heterocycles. The van der Waals surface area contributed by atoms with Gasteiger partial charge in [0, 0.05) is 24.9 Å². The third kappa shape index (κ3) is 3.40. The molecule has 0 aromatic carbocycles. The normalized spacial score (nSPS) is 18.1. The molecule has 3 nitrogen and oxygen atoms in total. The van der Waals surface area contributed by atoms with Crippen molar-refractivity contribution in [3.05, 3.63) is 11.8 Å². The highest BCUT2D eigenvalue weighted by atomic mass is 16.5. The highest BCUT2D eigenvalue weighted by Gasteiger charge is 2.11. The van der Waals surface area contributed by atoms with Crippen LogP contribution < -0.4 is 0 Å². The van der Waals surface area contributed by atoms with Crippen LogP contribution in [0.15, 0.2) is 11.8 Å². The van der Waals surface area contributed by atoms with Crippen LogP contribution in [-0.4, -0.2) is 30.6 Å². The first-order chi connectivity index (χ1) is 6.74. The zero-order valence-corrected chi connectivity index (χ0v) is 9.08. The van der Waals surface area contributed by atoms with E-state index in [1.807, 2.05) is 13.8 Å². The van der Waals surface area contributed by atoms with E-state index in [1.54, 1.807) is 6.08 Å². The van der Waals surface area contributed by atoms with Gasteiger partial charge in [-0.15, -0.1) is 0 Å². The Hall–Kier alpha value is -0.990. The minimum atomic E-state index is -0.226. The van der Waals surface area contributed by atoms with E-state index in [9.17, 15) is 4.79 Å². The summed E-state index contributed by atoms with van der Waals surface area (Å²) in [5.41, 5.74) is 1.03. The Morgan fingerprint density at radius 1 is 1.36 bits per heavy atom. The molecule has 1 saturated heterocycles. The van der Waals surface area contributed by atoms with Crippen LogP contribution in [0.3, 0.4) is 0 Å². The number of allylic oxidation sites excluding steroid dienone is 1. The van der Waals surface area contributed by atoms with Gasteiger partial charge in [0.25, 0.3) is 0 Å². The van der Waals surface area contributed by atoms with Crippen LogP contribution in [0.25, 0.3) is 0 Å². The fourth-order valence-corrected chi connectivity index (χ4v) is 1.69. The molecule has 1 heterocycles. The van der Waals surface area contributed by atoms with Gasteiger partial charge in [-0.3, -0.25) is 0 Å². The molecule has 0 bridgehead atoms. The molecule has 80 valence electrons. The number of carbonyl (C=O) groups excluding carboxylic acids is 1. The Morgan fingerprint density at radius 3 is 2.57 bits per heavy atom. The van der Waals surface area contributed by atoms with E-state index in [4.69, 9.17) is 4.74 Å². The third-order valence-corrected chi connectivity index (χ3v) is 2.47. The number of esters is 1. The van der Waals surface area contributed by atoms with E-state index >= 15 is 0 Å². The number of carbonyl (C=O) groups is 1. The van der Waals surface area contributed by atoms with Crippen molar-refractivity contribution in [2.24, 2.45) is 0 Å². The summed E-state index contributed by atoms with van der Waals surface area (Å²) in [6, 6.07) is 0. The first-order valence-corrected chi connectivity index (χ1v) is 5.34. The minimum absolute atomic E-state index is 0.226. The van der Waals surface area contributed by atoms with E-state index in [2.05, 4.69) is 4.90 Å². The van der Waals surface area contributed by atoms with Crippen LogP contribution in [0.2, 0.25) is 0 Å². The fraction of sp³-hybridized carbons (Fsp3) is 0.727. The van der Waals surface area contributed by atoms with Gasteiger partial charge in [0.05, 0.1) is 6.61 Å². The zero-order chi connectivity index (χ0) is 10.4. The van der Waals surface area contributed by atoms with Crippen molar-refractivity contribution in [2.75, 3.05) is 19.7 Å². The highest BCUT2D eigenvalue weighted by Crippen LogP contribution is 2.13. The summed E-state index contributed by atoms with van der Waals surface area (Å²) in [5, 5.41) is 0. The van der Waals surface area contributed by atoms with Crippen molar-refractivity contribution in [1.82, 2.24) is 4.90 Å². The smallest absolute Gasteiger partial charge is 0.332 e. The van der Waals surface area contributed by atoms with Crippen molar-refractivity contribution in [3.8, 4) is 0 Å². The average Bonchev–Trinajstić information content (AvgIpc) is 2.19. The molecule has 14 heavy (non-hydrogen) atoms. The maximum absolute atomic E-state index is 11.2. The summed E-state index contributed by atoms with van der Waals surface area (Å²) >= 11 is 0. The second-order valence-electron chi connectivity index (χ2n) is 3.59. The second kappa shape index (κ2) is 5.68. The Kier molecular flexibility index (Phi) is 4.50. The number of hydrogen-bond acceptors (Lipinski definition) is 3. The lowest BCUT2D eigenvalue weighted by Crippen LogP contribution is -2.28. The molecule has 0 atom stereocenters. The summed E-state index contributed by atoms with van der Waals surface area (Å²) < 4.78 is 4.86. The second-order valence-corrected chi connectivity index (χ2v) is 3.59. The summed E-state index contributed by atoms with van der Waals surface area (Å²) in [4.78, 5) is 13.4. The summed E-state index contributed by atoms with van der Waals surface area (Å²) in [6.07, 6.45) is 5.36. The van der Waals surface area contributed by atoms with Crippen molar-refractivity contribution < 1.29 is 9.53 Å². The van der Waals surface area contributed by atoms with Crippen LogP contribution in [0.5, 0.6) is 0 Å². The Bertz CT molecular complexity index is 217. The van der Waals surface area contributed by atoms with E-state index in [0.29, 0.717) is 6.61 Å². The molecule has 0 aromatic rings. The summed E-state index contributed by atoms with van der Waals surface area (Å²) in [7, 11) is 0. The maximum atomic E-state index is 11.2. The number of nitrogens with zero attached hydrogens (tertiary/aromatic N) is 1. The standard InChI is InChI=1S/C11H19NO2/c1-3-14-11(13)9-10(2)12-7-5-4-6-8-12/h9H,3-8H2,1-2H3. The van der Waals surface area contributed by atoms with Gasteiger partial charge in [-0.2, -0.15) is 0 Å². The minimum Gasteiger partial charge on any atom is -0.463 e. The Morgan fingerprint density at radius 2 is 2.00 bits per heavy atom. The molecule has 3 heteroatoms.